The number of nitrogens with one attached hydrogen (secondary N) is 1. The van der Waals surface area contributed by atoms with Gasteiger partial charge in [0.2, 0.25) is 0 Å². The molecule has 0 unspecified atom stereocenters. The molecule has 0 spiro atoms. The SMILES string of the molecule is O=C(c1cnc[nH]c1=O)N1CC[C@H](O)C1. The minimum absolute atomic E-state index is 0.0200. The summed E-state index contributed by atoms with van der Waals surface area (Å²) in [6, 6.07) is 0. The standard InChI is InChI=1S/C9H11N3O3/c13-6-1-2-12(4-6)9(15)7-3-10-5-11-8(7)14/h3,5-6,13H,1-2,4H2,(H,10,11,14)/t6-/m0/s1. The predicted molar refractivity (Wildman–Crippen MR) is 51.4 cm³/mol. The molecule has 2 rings (SSSR count). The molecule has 0 aliphatic carbocycles. The fourth-order valence-corrected chi connectivity index (χ4v) is 1.59. The van der Waals surface area contributed by atoms with Gasteiger partial charge in [-0.1, -0.05) is 0 Å². The van der Waals surface area contributed by atoms with Crippen LogP contribution in [0, 0.1) is 0 Å². The summed E-state index contributed by atoms with van der Waals surface area (Å²) < 4.78 is 0. The van der Waals surface area contributed by atoms with Crippen LogP contribution in [0.2, 0.25) is 0 Å². The average Bonchev–Trinajstić information content (AvgIpc) is 2.65. The number of aliphatic hydroxyl groups excluding tert-OH is 1. The molecule has 6 nitrogen and oxygen atoms in total. The van der Waals surface area contributed by atoms with Crippen LogP contribution in [0.1, 0.15) is 16.8 Å². The highest BCUT2D eigenvalue weighted by atomic mass is 16.3. The lowest BCUT2D eigenvalue weighted by Gasteiger charge is -2.14. The third-order valence-corrected chi connectivity index (χ3v) is 2.40. The smallest absolute Gasteiger partial charge is 0.263 e. The number of β-amino-alcohol motifs (C(OH)–C–C–N with tert-alkyl or cyclic N) is 1. The number of likely N-dealkylation sites (tertiary alicyclic amines) is 1. The molecule has 0 aromatic carbocycles. The molecule has 1 aromatic heterocycles. The molecule has 1 aromatic rings. The fraction of sp³-hybridized carbons (Fsp3) is 0.444. The Kier molecular flexibility index (Phi) is 2.51. The fourth-order valence-electron chi connectivity index (χ4n) is 1.59. The minimum atomic E-state index is -0.482. The number of carbonyl (C=O) groups excluding carboxylic acids is 1. The summed E-state index contributed by atoms with van der Waals surface area (Å²) in [7, 11) is 0. The van der Waals surface area contributed by atoms with Crippen LogP contribution in [-0.2, 0) is 0 Å². The molecule has 0 saturated carbocycles. The molecule has 0 radical (unpaired) electrons. The van der Waals surface area contributed by atoms with E-state index in [1.807, 2.05) is 0 Å². The van der Waals surface area contributed by atoms with Gasteiger partial charge in [-0.15, -0.1) is 0 Å². The van der Waals surface area contributed by atoms with Crippen molar-refractivity contribution in [1.82, 2.24) is 14.9 Å². The van der Waals surface area contributed by atoms with Gasteiger partial charge < -0.3 is 15.0 Å². The van der Waals surface area contributed by atoms with Gasteiger partial charge in [0, 0.05) is 19.3 Å². The summed E-state index contributed by atoms with van der Waals surface area (Å²) in [5.74, 6) is -0.374. The zero-order valence-electron chi connectivity index (χ0n) is 8.01. The van der Waals surface area contributed by atoms with Crippen molar-refractivity contribution in [3.63, 3.8) is 0 Å². The number of aromatic nitrogens is 2. The Bertz CT molecular complexity index is 429. The number of nitrogens with zero attached hydrogens (tertiary/aromatic N) is 2. The Labute approximate surface area is 85.6 Å². The Morgan fingerprint density at radius 3 is 3.07 bits per heavy atom. The molecule has 0 bridgehead atoms. The van der Waals surface area contributed by atoms with E-state index in [1.54, 1.807) is 0 Å². The van der Waals surface area contributed by atoms with E-state index in [-0.39, 0.29) is 18.0 Å². The molecule has 1 aliphatic rings. The van der Waals surface area contributed by atoms with E-state index in [1.165, 1.54) is 17.4 Å². The Hall–Kier alpha value is -1.69. The van der Waals surface area contributed by atoms with E-state index >= 15 is 0 Å². The predicted octanol–water partition coefficient (Wildman–Crippen LogP) is -1.02. The number of aliphatic hydroxyl groups is 1. The van der Waals surface area contributed by atoms with Crippen LogP contribution < -0.4 is 5.56 Å². The first kappa shape index (κ1) is 9.85. The second kappa shape index (κ2) is 3.82. The number of H-pyrrole nitrogens is 1. The van der Waals surface area contributed by atoms with Gasteiger partial charge in [-0.25, -0.2) is 4.98 Å². The minimum Gasteiger partial charge on any atom is -0.391 e. The van der Waals surface area contributed by atoms with Gasteiger partial charge in [0.1, 0.15) is 5.56 Å². The summed E-state index contributed by atoms with van der Waals surface area (Å²) >= 11 is 0. The zero-order chi connectivity index (χ0) is 10.8. The molecule has 2 heterocycles. The second-order valence-corrected chi connectivity index (χ2v) is 3.49. The van der Waals surface area contributed by atoms with Gasteiger partial charge in [-0.2, -0.15) is 0 Å². The third-order valence-electron chi connectivity index (χ3n) is 2.40. The van der Waals surface area contributed by atoms with Gasteiger partial charge in [-0.3, -0.25) is 9.59 Å². The lowest BCUT2D eigenvalue weighted by molar-refractivity contribution is 0.0762. The maximum atomic E-state index is 11.8. The van der Waals surface area contributed by atoms with E-state index < -0.39 is 11.7 Å². The van der Waals surface area contributed by atoms with Crippen LogP contribution in [0.15, 0.2) is 17.3 Å². The number of rotatable bonds is 1. The third kappa shape index (κ3) is 1.89. The molecule has 1 atom stereocenters. The molecule has 1 amide bonds. The highest BCUT2D eigenvalue weighted by molar-refractivity contribution is 5.93. The summed E-state index contributed by atoms with van der Waals surface area (Å²) in [5, 5.41) is 9.27. The molecule has 15 heavy (non-hydrogen) atoms. The van der Waals surface area contributed by atoms with Crippen LogP contribution in [0.3, 0.4) is 0 Å². The number of amides is 1. The van der Waals surface area contributed by atoms with Gasteiger partial charge >= 0.3 is 0 Å². The topological polar surface area (TPSA) is 86.3 Å². The molecule has 1 aliphatic heterocycles. The van der Waals surface area contributed by atoms with Gasteiger partial charge in [-0.05, 0) is 6.42 Å². The van der Waals surface area contributed by atoms with Crippen molar-refractivity contribution in [3.05, 3.63) is 28.4 Å². The van der Waals surface area contributed by atoms with Crippen molar-refractivity contribution < 1.29 is 9.90 Å². The molecule has 80 valence electrons. The highest BCUT2D eigenvalue weighted by Crippen LogP contribution is 2.10. The molecule has 1 saturated heterocycles. The van der Waals surface area contributed by atoms with Crippen LogP contribution in [0.25, 0.3) is 0 Å². The highest BCUT2D eigenvalue weighted by Gasteiger charge is 2.26. The average molecular weight is 209 g/mol. The van der Waals surface area contributed by atoms with Crippen LogP contribution in [0.5, 0.6) is 0 Å². The first-order chi connectivity index (χ1) is 7.18. The van der Waals surface area contributed by atoms with Crippen molar-refractivity contribution in [3.8, 4) is 0 Å². The molecule has 1 fully saturated rings. The molecular weight excluding hydrogens is 198 g/mol. The van der Waals surface area contributed by atoms with E-state index in [0.29, 0.717) is 13.0 Å². The first-order valence-corrected chi connectivity index (χ1v) is 4.68. The summed E-state index contributed by atoms with van der Waals surface area (Å²) in [5.41, 5.74) is -0.428. The number of aromatic amines is 1. The van der Waals surface area contributed by atoms with Gasteiger partial charge in [0.05, 0.1) is 12.4 Å². The van der Waals surface area contributed by atoms with Crippen LogP contribution >= 0.6 is 0 Å². The van der Waals surface area contributed by atoms with Gasteiger partial charge in [0.25, 0.3) is 11.5 Å². The summed E-state index contributed by atoms with van der Waals surface area (Å²) in [6.45, 7) is 0.765. The largest absolute Gasteiger partial charge is 0.391 e. The summed E-state index contributed by atoms with van der Waals surface area (Å²) in [4.78, 5) is 30.5. The zero-order valence-corrected chi connectivity index (χ0v) is 8.01. The van der Waals surface area contributed by atoms with Crippen LogP contribution in [0.4, 0.5) is 0 Å². The van der Waals surface area contributed by atoms with E-state index in [4.69, 9.17) is 0 Å². The Morgan fingerprint density at radius 1 is 1.67 bits per heavy atom. The monoisotopic (exact) mass is 209 g/mol. The normalized spacial score (nSPS) is 20.6. The molecular formula is C9H11N3O3. The quantitative estimate of drug-likeness (QED) is 0.619. The first-order valence-electron chi connectivity index (χ1n) is 4.68. The maximum Gasteiger partial charge on any atom is 0.263 e. The van der Waals surface area contributed by atoms with E-state index in [0.717, 1.165) is 0 Å². The van der Waals surface area contributed by atoms with Crippen molar-refractivity contribution in [2.75, 3.05) is 13.1 Å². The van der Waals surface area contributed by atoms with Crippen LogP contribution in [-0.4, -0.2) is 45.1 Å². The lowest BCUT2D eigenvalue weighted by atomic mass is 10.3. The van der Waals surface area contributed by atoms with Crippen molar-refractivity contribution >= 4 is 5.91 Å². The number of hydrogen-bond acceptors (Lipinski definition) is 4. The maximum absolute atomic E-state index is 11.8. The van der Waals surface area contributed by atoms with Crippen molar-refractivity contribution in [2.45, 2.75) is 12.5 Å². The Morgan fingerprint density at radius 2 is 2.47 bits per heavy atom. The molecule has 2 N–H and O–H groups in total. The number of carbonyl (C=O) groups is 1. The Balaban J connectivity index is 2.22. The number of hydrogen-bond donors (Lipinski definition) is 2. The molecule has 6 heteroatoms. The van der Waals surface area contributed by atoms with Crippen molar-refractivity contribution in [1.29, 1.82) is 0 Å². The van der Waals surface area contributed by atoms with Gasteiger partial charge in [0.15, 0.2) is 0 Å². The van der Waals surface area contributed by atoms with E-state index in [9.17, 15) is 14.7 Å². The lowest BCUT2D eigenvalue weighted by Crippen LogP contribution is -2.33. The second-order valence-electron chi connectivity index (χ2n) is 3.49. The van der Waals surface area contributed by atoms with Crippen molar-refractivity contribution in [2.24, 2.45) is 0 Å². The van der Waals surface area contributed by atoms with E-state index in [2.05, 4.69) is 9.97 Å². The summed E-state index contributed by atoms with van der Waals surface area (Å²) in [6.07, 6.45) is 2.55.